The Hall–Kier alpha value is -2.59. The number of alkyl halides is 3. The minimum Gasteiger partial charge on any atom is -0.293 e. The number of hydrogen-bond donors (Lipinski definition) is 1. The van der Waals surface area contributed by atoms with Crippen molar-refractivity contribution in [1.82, 2.24) is 24.5 Å². The molecule has 0 unspecified atom stereocenters. The smallest absolute Gasteiger partial charge is 0.293 e. The second-order valence-electron chi connectivity index (χ2n) is 7.23. The highest BCUT2D eigenvalue weighted by molar-refractivity contribution is 6.32. The minimum atomic E-state index is -4.64. The van der Waals surface area contributed by atoms with Crippen LogP contribution in [0.2, 0.25) is 10.0 Å². The molecule has 164 valence electrons. The molecule has 12 heteroatoms. The van der Waals surface area contributed by atoms with E-state index in [1.807, 2.05) is 12.1 Å². The van der Waals surface area contributed by atoms with Crippen molar-refractivity contribution in [3.05, 3.63) is 57.6 Å². The van der Waals surface area contributed by atoms with E-state index in [4.69, 9.17) is 23.2 Å². The van der Waals surface area contributed by atoms with Gasteiger partial charge in [0, 0.05) is 17.4 Å². The van der Waals surface area contributed by atoms with E-state index in [1.165, 1.54) is 11.0 Å². The Morgan fingerprint density at radius 1 is 1.16 bits per heavy atom. The summed E-state index contributed by atoms with van der Waals surface area (Å²) in [6.07, 6.45) is -1.76. The van der Waals surface area contributed by atoms with Gasteiger partial charge in [0.2, 0.25) is 11.9 Å². The Bertz CT molecular complexity index is 1090. The molecular formula is C19H17Cl2F3N6O. The van der Waals surface area contributed by atoms with Crippen LogP contribution < -0.4 is 5.32 Å². The van der Waals surface area contributed by atoms with Gasteiger partial charge in [-0.1, -0.05) is 35.3 Å². The topological polar surface area (TPSA) is 77.6 Å². The Labute approximate surface area is 185 Å². The summed E-state index contributed by atoms with van der Waals surface area (Å²) >= 11 is 11.8. The number of aryl methyl sites for hydroxylation is 1. The number of rotatable bonds is 7. The normalized spacial score (nSPS) is 14.1. The van der Waals surface area contributed by atoms with Crippen LogP contribution in [0.1, 0.15) is 42.1 Å². The van der Waals surface area contributed by atoms with Gasteiger partial charge in [0.15, 0.2) is 5.69 Å². The molecule has 0 aliphatic heterocycles. The van der Waals surface area contributed by atoms with Gasteiger partial charge in [-0.2, -0.15) is 18.3 Å². The van der Waals surface area contributed by atoms with Crippen molar-refractivity contribution in [1.29, 1.82) is 0 Å². The van der Waals surface area contributed by atoms with E-state index in [1.54, 1.807) is 16.8 Å². The molecule has 1 aliphatic rings. The summed E-state index contributed by atoms with van der Waals surface area (Å²) in [7, 11) is 0. The lowest BCUT2D eigenvalue weighted by Gasteiger charge is -2.06. The SMILES string of the molecule is O=C(CCn1nc(C(F)(F)F)c(Cl)c1C1CC1)Nc1ncn(Cc2ccc(Cl)cc2)n1. The van der Waals surface area contributed by atoms with Gasteiger partial charge in [0.05, 0.1) is 23.8 Å². The van der Waals surface area contributed by atoms with E-state index in [0.29, 0.717) is 17.3 Å². The lowest BCUT2D eigenvalue weighted by molar-refractivity contribution is -0.141. The molecule has 0 spiro atoms. The van der Waals surface area contributed by atoms with E-state index in [2.05, 4.69) is 20.5 Å². The van der Waals surface area contributed by atoms with Crippen LogP contribution in [0.5, 0.6) is 0 Å². The average Bonchev–Trinajstić information content (AvgIpc) is 3.34. The number of carbonyl (C=O) groups is 1. The molecule has 2 heterocycles. The number of nitrogens with one attached hydrogen (secondary N) is 1. The van der Waals surface area contributed by atoms with Gasteiger partial charge in [-0.3, -0.25) is 14.8 Å². The highest BCUT2D eigenvalue weighted by atomic mass is 35.5. The maximum Gasteiger partial charge on any atom is 0.436 e. The molecule has 3 aromatic rings. The number of aromatic nitrogens is 5. The monoisotopic (exact) mass is 472 g/mol. The number of benzene rings is 1. The Morgan fingerprint density at radius 2 is 1.87 bits per heavy atom. The van der Waals surface area contributed by atoms with Crippen molar-refractivity contribution in [3.63, 3.8) is 0 Å². The molecule has 4 rings (SSSR count). The molecule has 1 aliphatic carbocycles. The first-order chi connectivity index (χ1) is 14.7. The van der Waals surface area contributed by atoms with Crippen LogP contribution in [0.4, 0.5) is 19.1 Å². The van der Waals surface area contributed by atoms with Gasteiger partial charge in [-0.15, -0.1) is 5.10 Å². The van der Waals surface area contributed by atoms with Gasteiger partial charge in [-0.25, -0.2) is 9.67 Å². The second-order valence-corrected chi connectivity index (χ2v) is 8.05. The maximum atomic E-state index is 13.1. The molecule has 0 saturated heterocycles. The molecule has 2 aromatic heterocycles. The van der Waals surface area contributed by atoms with E-state index in [9.17, 15) is 18.0 Å². The molecule has 31 heavy (non-hydrogen) atoms. The first-order valence-electron chi connectivity index (χ1n) is 9.48. The van der Waals surface area contributed by atoms with Crippen LogP contribution >= 0.6 is 23.2 Å². The first kappa shape index (κ1) is 21.6. The van der Waals surface area contributed by atoms with Crippen molar-refractivity contribution >= 4 is 35.1 Å². The third-order valence-electron chi connectivity index (χ3n) is 4.76. The summed E-state index contributed by atoms with van der Waals surface area (Å²) in [5.41, 5.74) is 0.182. The van der Waals surface area contributed by atoms with E-state index in [-0.39, 0.29) is 29.9 Å². The van der Waals surface area contributed by atoms with Gasteiger partial charge >= 0.3 is 6.18 Å². The van der Waals surface area contributed by atoms with Gasteiger partial charge in [0.25, 0.3) is 0 Å². The molecule has 1 saturated carbocycles. The number of amides is 1. The molecule has 1 fully saturated rings. The van der Waals surface area contributed by atoms with Crippen molar-refractivity contribution < 1.29 is 18.0 Å². The molecule has 0 atom stereocenters. The third kappa shape index (κ3) is 5.19. The summed E-state index contributed by atoms with van der Waals surface area (Å²) in [5.74, 6) is -0.383. The number of carbonyl (C=O) groups excluding carboxylic acids is 1. The van der Waals surface area contributed by atoms with Crippen LogP contribution in [0.3, 0.4) is 0 Å². The van der Waals surface area contributed by atoms with Crippen LogP contribution in [0, 0.1) is 0 Å². The van der Waals surface area contributed by atoms with Crippen LogP contribution in [0.15, 0.2) is 30.6 Å². The van der Waals surface area contributed by atoms with Crippen molar-refractivity contribution in [2.75, 3.05) is 5.32 Å². The molecule has 1 N–H and O–H groups in total. The Kier molecular flexibility index (Phi) is 5.94. The first-order valence-corrected chi connectivity index (χ1v) is 10.2. The Balaban J connectivity index is 1.37. The summed E-state index contributed by atoms with van der Waals surface area (Å²) in [6, 6.07) is 7.23. The van der Waals surface area contributed by atoms with E-state index < -0.39 is 17.8 Å². The highest BCUT2D eigenvalue weighted by Crippen LogP contribution is 2.46. The Morgan fingerprint density at radius 3 is 2.52 bits per heavy atom. The van der Waals surface area contributed by atoms with Crippen molar-refractivity contribution in [2.24, 2.45) is 0 Å². The predicted molar refractivity (Wildman–Crippen MR) is 108 cm³/mol. The van der Waals surface area contributed by atoms with Crippen LogP contribution in [0.25, 0.3) is 0 Å². The second kappa shape index (κ2) is 8.51. The molecule has 7 nitrogen and oxygen atoms in total. The van der Waals surface area contributed by atoms with Gasteiger partial charge in [0.1, 0.15) is 6.33 Å². The highest BCUT2D eigenvalue weighted by Gasteiger charge is 2.42. The van der Waals surface area contributed by atoms with Gasteiger partial charge in [-0.05, 0) is 30.5 Å². The summed E-state index contributed by atoms with van der Waals surface area (Å²) in [6.45, 7) is 0.412. The van der Waals surface area contributed by atoms with Crippen molar-refractivity contribution in [2.45, 2.75) is 44.4 Å². The largest absolute Gasteiger partial charge is 0.436 e. The maximum absolute atomic E-state index is 13.1. The fourth-order valence-electron chi connectivity index (χ4n) is 3.15. The molecular weight excluding hydrogens is 456 g/mol. The zero-order valence-corrected chi connectivity index (χ0v) is 17.5. The zero-order chi connectivity index (χ0) is 22.2. The average molecular weight is 473 g/mol. The lowest BCUT2D eigenvalue weighted by atomic mass is 10.2. The van der Waals surface area contributed by atoms with E-state index >= 15 is 0 Å². The lowest BCUT2D eigenvalue weighted by Crippen LogP contribution is -2.17. The van der Waals surface area contributed by atoms with Crippen molar-refractivity contribution in [3.8, 4) is 0 Å². The zero-order valence-electron chi connectivity index (χ0n) is 16.0. The number of anilines is 1. The van der Waals surface area contributed by atoms with E-state index in [0.717, 1.165) is 18.4 Å². The standard InChI is InChI=1S/C19H17Cl2F3N6O/c20-13-5-1-11(2-6-13)9-29-10-25-18(28-29)26-14(31)7-8-30-16(12-3-4-12)15(21)17(27-30)19(22,23)24/h1-2,5-6,10,12H,3-4,7-9H2,(H,26,28,31). The number of nitrogens with zero attached hydrogens (tertiary/aromatic N) is 5. The molecule has 0 bridgehead atoms. The molecule has 1 amide bonds. The summed E-state index contributed by atoms with van der Waals surface area (Å²) in [5, 5.41) is 10.6. The molecule has 0 radical (unpaired) electrons. The van der Waals surface area contributed by atoms with Crippen LogP contribution in [-0.2, 0) is 24.1 Å². The summed E-state index contributed by atoms with van der Waals surface area (Å²) in [4.78, 5) is 16.3. The quantitative estimate of drug-likeness (QED) is 0.537. The third-order valence-corrected chi connectivity index (χ3v) is 5.38. The number of hydrogen-bond acceptors (Lipinski definition) is 4. The fraction of sp³-hybridized carbons (Fsp3) is 0.368. The van der Waals surface area contributed by atoms with Gasteiger partial charge < -0.3 is 0 Å². The predicted octanol–water partition coefficient (Wildman–Crippen LogP) is 4.75. The fourth-order valence-corrected chi connectivity index (χ4v) is 3.67. The minimum absolute atomic E-state index is 0.0288. The molecule has 1 aromatic carbocycles. The van der Waals surface area contributed by atoms with Crippen LogP contribution in [-0.4, -0.2) is 30.5 Å². The number of halogens is 5. The summed E-state index contributed by atoms with van der Waals surface area (Å²) < 4.78 is 42.1.